The highest BCUT2D eigenvalue weighted by atomic mass is 32.2. The van der Waals surface area contributed by atoms with Gasteiger partial charge in [-0.05, 0) is 24.6 Å². The van der Waals surface area contributed by atoms with Gasteiger partial charge >= 0.3 is 0 Å². The van der Waals surface area contributed by atoms with Crippen LogP contribution in [-0.2, 0) is 21.2 Å². The van der Waals surface area contributed by atoms with E-state index in [1.807, 2.05) is 30.3 Å². The second kappa shape index (κ2) is 7.96. The number of piperazine rings is 1. The molecule has 10 heteroatoms. The zero-order valence-electron chi connectivity index (χ0n) is 16.1. The lowest BCUT2D eigenvalue weighted by molar-refractivity contribution is -0.126. The highest BCUT2D eigenvalue weighted by molar-refractivity contribution is 7.89. The molecule has 0 spiro atoms. The Morgan fingerprint density at radius 2 is 2.00 bits per heavy atom. The molecule has 0 saturated carbocycles. The highest BCUT2D eigenvalue weighted by Gasteiger charge is 2.39. The van der Waals surface area contributed by atoms with Gasteiger partial charge in [0, 0.05) is 18.7 Å². The summed E-state index contributed by atoms with van der Waals surface area (Å²) in [6.07, 6.45) is -0.0980. The van der Waals surface area contributed by atoms with Crippen molar-refractivity contribution in [3.05, 3.63) is 65.8 Å². The second-order valence-corrected chi connectivity index (χ2v) is 8.81. The second-order valence-electron chi connectivity index (χ2n) is 6.92. The molecule has 0 aliphatic carbocycles. The average Bonchev–Trinajstić information content (AvgIpc) is 3.20. The summed E-state index contributed by atoms with van der Waals surface area (Å²) in [5, 5.41) is 6.56. The summed E-state index contributed by atoms with van der Waals surface area (Å²) in [4.78, 5) is 16.6. The first-order valence-corrected chi connectivity index (χ1v) is 10.7. The van der Waals surface area contributed by atoms with E-state index in [0.717, 1.165) is 15.9 Å². The number of halogens is 1. The normalized spacial score (nSPS) is 17.7. The highest BCUT2D eigenvalue weighted by Crippen LogP contribution is 2.24. The van der Waals surface area contributed by atoms with Crippen LogP contribution in [0.2, 0.25) is 0 Å². The van der Waals surface area contributed by atoms with Gasteiger partial charge in [0.15, 0.2) is 0 Å². The number of hydrogen-bond donors (Lipinski definition) is 1. The number of nitrogens with one attached hydrogen (secondary N) is 1. The fourth-order valence-electron chi connectivity index (χ4n) is 3.25. The number of carbonyl (C=O) groups is 1. The molecule has 8 nitrogen and oxygen atoms in total. The fraction of sp³-hybridized carbons (Fsp3) is 0.250. The lowest BCUT2D eigenvalue weighted by Crippen LogP contribution is -2.57. The van der Waals surface area contributed by atoms with Crippen LogP contribution in [0.25, 0.3) is 11.4 Å². The minimum Gasteiger partial charge on any atom is -0.353 e. The molecular formula is C20H19FN4O4S. The van der Waals surface area contributed by atoms with Gasteiger partial charge in [0.05, 0.1) is 11.3 Å². The van der Waals surface area contributed by atoms with Crippen LogP contribution in [0.15, 0.2) is 57.9 Å². The van der Waals surface area contributed by atoms with E-state index in [4.69, 9.17) is 4.52 Å². The van der Waals surface area contributed by atoms with Crippen molar-refractivity contribution in [2.24, 2.45) is 0 Å². The van der Waals surface area contributed by atoms with Gasteiger partial charge in [0.1, 0.15) is 11.9 Å². The molecule has 1 atom stereocenters. The smallest absolute Gasteiger partial charge is 0.243 e. The molecule has 1 saturated heterocycles. The molecule has 1 aliphatic rings. The van der Waals surface area contributed by atoms with Crippen LogP contribution in [0.1, 0.15) is 11.5 Å². The summed E-state index contributed by atoms with van der Waals surface area (Å²) < 4.78 is 46.5. The summed E-state index contributed by atoms with van der Waals surface area (Å²) in [7, 11) is -4.11. The van der Waals surface area contributed by atoms with Crippen molar-refractivity contribution < 1.29 is 22.1 Å². The molecule has 1 amide bonds. The Kier molecular flexibility index (Phi) is 5.35. The molecule has 1 unspecified atom stereocenters. The molecule has 0 radical (unpaired) electrons. The first kappa shape index (κ1) is 20.2. The predicted molar refractivity (Wildman–Crippen MR) is 105 cm³/mol. The molecule has 1 fully saturated rings. The van der Waals surface area contributed by atoms with E-state index >= 15 is 0 Å². The van der Waals surface area contributed by atoms with Crippen molar-refractivity contribution in [2.45, 2.75) is 24.3 Å². The van der Waals surface area contributed by atoms with E-state index in [1.165, 1.54) is 12.1 Å². The third-order valence-electron chi connectivity index (χ3n) is 4.90. The lowest BCUT2D eigenvalue weighted by Gasteiger charge is -2.33. The van der Waals surface area contributed by atoms with E-state index in [9.17, 15) is 17.6 Å². The largest absolute Gasteiger partial charge is 0.353 e. The Morgan fingerprint density at radius 1 is 1.23 bits per heavy atom. The molecular weight excluding hydrogens is 411 g/mol. The molecule has 30 heavy (non-hydrogen) atoms. The van der Waals surface area contributed by atoms with Crippen LogP contribution in [0.5, 0.6) is 0 Å². The third kappa shape index (κ3) is 3.83. The molecule has 1 N–H and O–H groups in total. The maximum Gasteiger partial charge on any atom is 0.243 e. The van der Waals surface area contributed by atoms with Crippen LogP contribution >= 0.6 is 0 Å². The van der Waals surface area contributed by atoms with E-state index in [-0.39, 0.29) is 30.3 Å². The molecule has 1 aromatic heterocycles. The van der Waals surface area contributed by atoms with Crippen LogP contribution < -0.4 is 5.32 Å². The molecule has 2 heterocycles. The number of sulfonamides is 1. The van der Waals surface area contributed by atoms with Crippen molar-refractivity contribution in [2.75, 3.05) is 13.1 Å². The summed E-state index contributed by atoms with van der Waals surface area (Å²) in [6.45, 7) is 1.75. The van der Waals surface area contributed by atoms with Crippen molar-refractivity contribution >= 4 is 15.9 Å². The molecule has 1 aliphatic heterocycles. The Labute approximate surface area is 172 Å². The van der Waals surface area contributed by atoms with Gasteiger partial charge in [-0.3, -0.25) is 4.79 Å². The number of hydrogen-bond acceptors (Lipinski definition) is 6. The lowest BCUT2D eigenvalue weighted by atomic mass is 10.1. The summed E-state index contributed by atoms with van der Waals surface area (Å²) in [5.74, 6) is -0.627. The van der Waals surface area contributed by atoms with Crippen molar-refractivity contribution in [3.8, 4) is 11.4 Å². The van der Waals surface area contributed by atoms with E-state index < -0.39 is 27.8 Å². The van der Waals surface area contributed by atoms with Gasteiger partial charge in [-0.15, -0.1) is 0 Å². The quantitative estimate of drug-likeness (QED) is 0.663. The number of amides is 1. The average molecular weight is 430 g/mol. The standard InChI is InChI=1S/C20H19FN4O4S/c1-13-7-8-15(11-16(13)21)30(27,28)25-10-9-22-20(26)17(25)12-18-23-19(24-29-18)14-5-3-2-4-6-14/h2-8,11,17H,9-10,12H2,1H3,(H,22,26). The van der Waals surface area contributed by atoms with Crippen molar-refractivity contribution in [1.82, 2.24) is 19.8 Å². The summed E-state index contributed by atoms with van der Waals surface area (Å²) in [5.41, 5.74) is 1.07. The topological polar surface area (TPSA) is 105 Å². The van der Waals surface area contributed by atoms with E-state index in [1.54, 1.807) is 6.92 Å². The number of aryl methyl sites for hydroxylation is 1. The monoisotopic (exact) mass is 430 g/mol. The fourth-order valence-corrected chi connectivity index (χ4v) is 4.85. The van der Waals surface area contributed by atoms with Gasteiger partial charge in [-0.1, -0.05) is 41.6 Å². The maximum atomic E-state index is 14.0. The first-order valence-electron chi connectivity index (χ1n) is 9.30. The van der Waals surface area contributed by atoms with Gasteiger partial charge in [-0.25, -0.2) is 12.8 Å². The minimum atomic E-state index is -4.11. The van der Waals surface area contributed by atoms with Crippen molar-refractivity contribution in [3.63, 3.8) is 0 Å². The van der Waals surface area contributed by atoms with Gasteiger partial charge in [-0.2, -0.15) is 9.29 Å². The number of rotatable bonds is 5. The maximum absolute atomic E-state index is 14.0. The molecule has 4 rings (SSSR count). The molecule has 2 aromatic carbocycles. The van der Waals surface area contributed by atoms with E-state index in [0.29, 0.717) is 11.4 Å². The van der Waals surface area contributed by atoms with Crippen LogP contribution in [0.4, 0.5) is 4.39 Å². The summed E-state index contributed by atoms with van der Waals surface area (Å²) >= 11 is 0. The van der Waals surface area contributed by atoms with Gasteiger partial charge < -0.3 is 9.84 Å². The zero-order chi connectivity index (χ0) is 21.3. The Morgan fingerprint density at radius 3 is 2.73 bits per heavy atom. The number of nitrogens with zero attached hydrogens (tertiary/aromatic N) is 3. The molecule has 0 bridgehead atoms. The minimum absolute atomic E-state index is 0.0495. The van der Waals surface area contributed by atoms with Crippen LogP contribution in [0, 0.1) is 12.7 Å². The van der Waals surface area contributed by atoms with Crippen LogP contribution in [-0.4, -0.2) is 47.9 Å². The number of carbonyl (C=O) groups excluding carboxylic acids is 1. The third-order valence-corrected chi connectivity index (χ3v) is 6.80. The van der Waals surface area contributed by atoms with Crippen molar-refractivity contribution in [1.29, 1.82) is 0 Å². The molecule has 3 aromatic rings. The van der Waals surface area contributed by atoms with Gasteiger partial charge in [0.2, 0.25) is 27.6 Å². The SMILES string of the molecule is Cc1ccc(S(=O)(=O)N2CCNC(=O)C2Cc2nc(-c3ccccc3)no2)cc1F. The Hall–Kier alpha value is -3.11. The Bertz CT molecular complexity index is 1180. The van der Waals surface area contributed by atoms with Gasteiger partial charge in [0.25, 0.3) is 0 Å². The number of benzene rings is 2. The predicted octanol–water partition coefficient (Wildman–Crippen LogP) is 1.92. The number of aromatic nitrogens is 2. The first-order chi connectivity index (χ1) is 14.4. The molecule has 156 valence electrons. The van der Waals surface area contributed by atoms with E-state index in [2.05, 4.69) is 15.5 Å². The van der Waals surface area contributed by atoms with Crippen LogP contribution in [0.3, 0.4) is 0 Å². The summed E-state index contributed by atoms with van der Waals surface area (Å²) in [6, 6.07) is 11.7. The zero-order valence-corrected chi connectivity index (χ0v) is 16.9. The Balaban J connectivity index is 1.63.